The summed E-state index contributed by atoms with van der Waals surface area (Å²) in [6.07, 6.45) is 3.34. The molecule has 138 valence electrons. The molecule has 0 bridgehead atoms. The van der Waals surface area contributed by atoms with Crippen molar-refractivity contribution in [2.24, 2.45) is 0 Å². The van der Waals surface area contributed by atoms with Gasteiger partial charge in [0.25, 0.3) is 0 Å². The first-order valence-corrected chi connectivity index (χ1v) is 10.1. The zero-order chi connectivity index (χ0) is 18.1. The van der Waals surface area contributed by atoms with Gasteiger partial charge < -0.3 is 4.90 Å². The molecule has 5 rings (SSSR count). The normalized spacial score (nSPS) is 16.8. The number of hydrogen-bond acceptors (Lipinski definition) is 3. The van der Waals surface area contributed by atoms with Gasteiger partial charge in [0.2, 0.25) is 0 Å². The van der Waals surface area contributed by atoms with E-state index in [9.17, 15) is 0 Å². The number of rotatable bonds is 4. The number of hydrogen-bond donors (Lipinski definition) is 1. The van der Waals surface area contributed by atoms with Crippen LogP contribution in [0.4, 0.5) is 5.82 Å². The summed E-state index contributed by atoms with van der Waals surface area (Å²) in [5, 5.41) is 8.05. The molecule has 0 amide bonds. The lowest BCUT2D eigenvalue weighted by Crippen LogP contribution is -2.47. The minimum atomic E-state index is 1.06. The third kappa shape index (κ3) is 3.26. The number of aromatic nitrogens is 2. The maximum atomic E-state index is 4.72. The predicted molar refractivity (Wildman–Crippen MR) is 110 cm³/mol. The molecule has 0 atom stereocenters. The van der Waals surface area contributed by atoms with E-state index < -0.39 is 0 Å². The Hall–Kier alpha value is -2.59. The molecule has 0 unspecified atom stereocenters. The van der Waals surface area contributed by atoms with Gasteiger partial charge in [-0.2, -0.15) is 5.10 Å². The molecule has 1 saturated heterocycles. The van der Waals surface area contributed by atoms with Gasteiger partial charge in [-0.3, -0.25) is 10.00 Å². The van der Waals surface area contributed by atoms with E-state index in [1.54, 1.807) is 0 Å². The highest BCUT2D eigenvalue weighted by Crippen LogP contribution is 2.36. The summed E-state index contributed by atoms with van der Waals surface area (Å²) in [4.78, 5) is 5.06. The number of piperazine rings is 1. The Bertz CT molecular complexity index is 907. The van der Waals surface area contributed by atoms with E-state index in [2.05, 4.69) is 69.5 Å². The molecule has 0 saturated carbocycles. The van der Waals surface area contributed by atoms with Crippen LogP contribution >= 0.6 is 0 Å². The Morgan fingerprint density at radius 1 is 0.852 bits per heavy atom. The van der Waals surface area contributed by atoms with E-state index in [1.807, 2.05) is 0 Å². The van der Waals surface area contributed by atoms with Crippen molar-refractivity contribution in [1.82, 2.24) is 15.1 Å². The van der Waals surface area contributed by atoms with Crippen LogP contribution in [0.3, 0.4) is 0 Å². The first kappa shape index (κ1) is 16.6. The van der Waals surface area contributed by atoms with Gasteiger partial charge in [0, 0.05) is 43.9 Å². The lowest BCUT2D eigenvalue weighted by atomic mass is 9.90. The van der Waals surface area contributed by atoms with Crippen molar-refractivity contribution in [3.8, 4) is 11.3 Å². The van der Waals surface area contributed by atoms with Crippen LogP contribution in [0, 0.1) is 0 Å². The summed E-state index contributed by atoms with van der Waals surface area (Å²) in [6.45, 7) is 5.50. The standard InChI is InChI=1S/C23H26N4/c1-2-6-18(7-3-1)12-13-26-14-16-27(17-15-26)23-21-11-10-19-8-4-5-9-20(19)22(21)24-25-23/h1-9H,10-17H2,(H,24,25). The van der Waals surface area contributed by atoms with Crippen LogP contribution in [0.2, 0.25) is 0 Å². The van der Waals surface area contributed by atoms with Crippen molar-refractivity contribution in [3.63, 3.8) is 0 Å². The van der Waals surface area contributed by atoms with Gasteiger partial charge in [0.05, 0.1) is 5.69 Å². The number of benzene rings is 2. The molecule has 1 N–H and O–H groups in total. The second-order valence-electron chi connectivity index (χ2n) is 7.62. The topological polar surface area (TPSA) is 35.2 Å². The Labute approximate surface area is 160 Å². The molecular formula is C23H26N4. The third-order valence-corrected chi connectivity index (χ3v) is 6.01. The van der Waals surface area contributed by atoms with Crippen LogP contribution in [0.15, 0.2) is 54.6 Å². The minimum Gasteiger partial charge on any atom is -0.352 e. The van der Waals surface area contributed by atoms with Crippen LogP contribution in [0.25, 0.3) is 11.3 Å². The van der Waals surface area contributed by atoms with E-state index in [0.29, 0.717) is 0 Å². The summed E-state index contributed by atoms with van der Waals surface area (Å²) in [7, 11) is 0. The second kappa shape index (κ2) is 7.20. The molecule has 0 radical (unpaired) electrons. The molecule has 1 aliphatic carbocycles. The van der Waals surface area contributed by atoms with Crippen molar-refractivity contribution in [3.05, 3.63) is 71.3 Å². The van der Waals surface area contributed by atoms with Gasteiger partial charge in [0.15, 0.2) is 5.82 Å². The van der Waals surface area contributed by atoms with Crippen LogP contribution in [0.5, 0.6) is 0 Å². The van der Waals surface area contributed by atoms with E-state index in [4.69, 9.17) is 5.10 Å². The maximum absolute atomic E-state index is 4.72. The number of nitrogens with one attached hydrogen (secondary N) is 1. The largest absolute Gasteiger partial charge is 0.352 e. The summed E-state index contributed by atoms with van der Waals surface area (Å²) in [5.41, 5.74) is 6.84. The van der Waals surface area contributed by atoms with E-state index in [0.717, 1.165) is 52.0 Å². The molecular weight excluding hydrogens is 332 g/mol. The van der Waals surface area contributed by atoms with Crippen LogP contribution in [-0.2, 0) is 19.3 Å². The average molecular weight is 358 g/mol. The van der Waals surface area contributed by atoms with Gasteiger partial charge in [-0.1, -0.05) is 54.6 Å². The summed E-state index contributed by atoms with van der Waals surface area (Å²) in [5.74, 6) is 1.18. The van der Waals surface area contributed by atoms with Gasteiger partial charge in [-0.15, -0.1) is 0 Å². The Morgan fingerprint density at radius 3 is 2.48 bits per heavy atom. The monoisotopic (exact) mass is 358 g/mol. The van der Waals surface area contributed by atoms with E-state index in [-0.39, 0.29) is 0 Å². The first-order valence-electron chi connectivity index (χ1n) is 10.1. The number of anilines is 1. The number of aromatic amines is 1. The fourth-order valence-corrected chi connectivity index (χ4v) is 4.43. The predicted octanol–water partition coefficient (Wildman–Crippen LogP) is 3.54. The van der Waals surface area contributed by atoms with Crippen molar-refractivity contribution >= 4 is 5.82 Å². The Kier molecular flexibility index (Phi) is 4.42. The number of nitrogens with zero attached hydrogens (tertiary/aromatic N) is 3. The molecule has 3 aromatic rings. The van der Waals surface area contributed by atoms with Crippen molar-refractivity contribution in [2.75, 3.05) is 37.6 Å². The quantitative estimate of drug-likeness (QED) is 0.775. The zero-order valence-corrected chi connectivity index (χ0v) is 15.7. The number of H-pyrrole nitrogens is 1. The Balaban J connectivity index is 1.24. The molecule has 1 fully saturated rings. The molecule has 2 aliphatic rings. The van der Waals surface area contributed by atoms with Crippen molar-refractivity contribution in [2.45, 2.75) is 19.3 Å². The summed E-state index contributed by atoms with van der Waals surface area (Å²) < 4.78 is 0. The van der Waals surface area contributed by atoms with Crippen molar-refractivity contribution in [1.29, 1.82) is 0 Å². The summed E-state index contributed by atoms with van der Waals surface area (Å²) >= 11 is 0. The summed E-state index contributed by atoms with van der Waals surface area (Å²) in [6, 6.07) is 19.5. The van der Waals surface area contributed by atoms with Crippen molar-refractivity contribution < 1.29 is 0 Å². The Morgan fingerprint density at radius 2 is 1.63 bits per heavy atom. The smallest absolute Gasteiger partial charge is 0.154 e. The minimum absolute atomic E-state index is 1.06. The van der Waals surface area contributed by atoms with Crippen LogP contribution in [0.1, 0.15) is 16.7 Å². The fourth-order valence-electron chi connectivity index (χ4n) is 4.43. The van der Waals surface area contributed by atoms with Crippen LogP contribution in [-0.4, -0.2) is 47.8 Å². The molecule has 4 nitrogen and oxygen atoms in total. The van der Waals surface area contributed by atoms with Gasteiger partial charge in [-0.05, 0) is 30.4 Å². The van der Waals surface area contributed by atoms with E-state index in [1.165, 1.54) is 33.8 Å². The lowest BCUT2D eigenvalue weighted by Gasteiger charge is -2.35. The highest BCUT2D eigenvalue weighted by Gasteiger charge is 2.26. The molecule has 27 heavy (non-hydrogen) atoms. The molecule has 2 heterocycles. The average Bonchev–Trinajstić information content (AvgIpc) is 3.18. The maximum Gasteiger partial charge on any atom is 0.154 e. The number of aryl methyl sites for hydroxylation is 1. The van der Waals surface area contributed by atoms with Gasteiger partial charge >= 0.3 is 0 Å². The number of fused-ring (bicyclic) bond motifs is 3. The second-order valence-corrected chi connectivity index (χ2v) is 7.62. The molecule has 1 aromatic heterocycles. The van der Waals surface area contributed by atoms with Gasteiger partial charge in [0.1, 0.15) is 0 Å². The molecule has 4 heteroatoms. The van der Waals surface area contributed by atoms with E-state index >= 15 is 0 Å². The highest BCUT2D eigenvalue weighted by atomic mass is 15.3. The first-order chi connectivity index (χ1) is 13.4. The zero-order valence-electron chi connectivity index (χ0n) is 15.7. The van der Waals surface area contributed by atoms with Gasteiger partial charge in [-0.25, -0.2) is 0 Å². The highest BCUT2D eigenvalue weighted by molar-refractivity contribution is 5.74. The van der Waals surface area contributed by atoms with Crippen LogP contribution < -0.4 is 4.90 Å². The molecule has 2 aromatic carbocycles. The SMILES string of the molecule is c1ccc(CCN2CCN(c3n[nH]c4c3CCc3ccccc3-4)CC2)cc1. The lowest BCUT2D eigenvalue weighted by molar-refractivity contribution is 0.260. The third-order valence-electron chi connectivity index (χ3n) is 6.01. The molecule has 1 aliphatic heterocycles. The molecule has 0 spiro atoms. The fraction of sp³-hybridized carbons (Fsp3) is 0.348.